The molecular weight excluding hydrogens is 282 g/mol. The molecule has 1 aliphatic rings. The summed E-state index contributed by atoms with van der Waals surface area (Å²) in [5, 5.41) is 6.12. The van der Waals surface area contributed by atoms with Gasteiger partial charge in [-0.2, -0.15) is 0 Å². The topological polar surface area (TPSA) is 80.5 Å². The summed E-state index contributed by atoms with van der Waals surface area (Å²) in [6.45, 7) is 0.617. The third kappa shape index (κ3) is 2.12. The number of nitrogens with zero attached hydrogens (tertiary/aromatic N) is 3. The van der Waals surface area contributed by atoms with Gasteiger partial charge in [-0.1, -0.05) is 6.07 Å². The van der Waals surface area contributed by atoms with Crippen LogP contribution in [0.25, 0.3) is 5.65 Å². The van der Waals surface area contributed by atoms with E-state index < -0.39 is 0 Å². The number of amides is 1. The lowest BCUT2D eigenvalue weighted by Crippen LogP contribution is -2.25. The zero-order valence-electron chi connectivity index (χ0n) is 11.6. The Bertz CT molecular complexity index is 858. The Morgan fingerprint density at radius 2 is 2.32 bits per heavy atom. The van der Waals surface area contributed by atoms with Crippen molar-refractivity contribution in [3.05, 3.63) is 48.7 Å². The Morgan fingerprint density at radius 1 is 1.36 bits per heavy atom. The zero-order valence-corrected chi connectivity index (χ0v) is 11.6. The molecule has 7 heteroatoms. The van der Waals surface area contributed by atoms with E-state index in [1.807, 2.05) is 35.0 Å². The summed E-state index contributed by atoms with van der Waals surface area (Å²) in [5.74, 6) is 0.525. The van der Waals surface area contributed by atoms with E-state index in [1.54, 1.807) is 12.4 Å². The molecule has 0 atom stereocenters. The van der Waals surface area contributed by atoms with Crippen LogP contribution in [0.1, 0.15) is 5.69 Å². The number of hydrogen-bond acceptors (Lipinski definition) is 5. The van der Waals surface area contributed by atoms with Crippen molar-refractivity contribution in [1.29, 1.82) is 0 Å². The average molecular weight is 295 g/mol. The van der Waals surface area contributed by atoms with E-state index >= 15 is 0 Å². The van der Waals surface area contributed by atoms with Crippen molar-refractivity contribution >= 4 is 22.9 Å². The lowest BCUT2D eigenvalue weighted by molar-refractivity contribution is -0.118. The Hall–Kier alpha value is -3.09. The lowest BCUT2D eigenvalue weighted by atomic mass is 10.2. The third-order valence-electron chi connectivity index (χ3n) is 3.49. The average Bonchev–Trinajstić information content (AvgIpc) is 2.96. The zero-order chi connectivity index (χ0) is 14.9. The quantitative estimate of drug-likeness (QED) is 0.768. The molecule has 0 bridgehead atoms. The fourth-order valence-electron chi connectivity index (χ4n) is 2.47. The highest BCUT2D eigenvalue weighted by Gasteiger charge is 2.18. The van der Waals surface area contributed by atoms with E-state index in [9.17, 15) is 4.79 Å². The molecule has 1 amide bonds. The number of para-hydroxylation sites is 1. The van der Waals surface area contributed by atoms with Gasteiger partial charge in [-0.25, -0.2) is 4.98 Å². The van der Waals surface area contributed by atoms with E-state index in [4.69, 9.17) is 4.74 Å². The molecule has 0 saturated carbocycles. The molecule has 2 N–H and O–H groups in total. The van der Waals surface area contributed by atoms with Crippen molar-refractivity contribution in [1.82, 2.24) is 14.4 Å². The van der Waals surface area contributed by atoms with Crippen LogP contribution in [-0.4, -0.2) is 26.9 Å². The van der Waals surface area contributed by atoms with E-state index in [1.165, 1.54) is 0 Å². The van der Waals surface area contributed by atoms with Crippen molar-refractivity contribution in [3.8, 4) is 5.75 Å². The molecule has 110 valence electrons. The van der Waals surface area contributed by atoms with Crippen molar-refractivity contribution in [2.24, 2.45) is 0 Å². The van der Waals surface area contributed by atoms with Crippen LogP contribution in [0, 0.1) is 0 Å². The molecule has 1 aliphatic heterocycles. The molecule has 1 aromatic carbocycles. The first-order chi connectivity index (χ1) is 10.8. The number of hydrogen-bond donors (Lipinski definition) is 2. The van der Waals surface area contributed by atoms with Crippen LogP contribution in [0.2, 0.25) is 0 Å². The number of nitrogens with one attached hydrogen (secondary N) is 2. The molecule has 0 fully saturated rings. The maximum Gasteiger partial charge on any atom is 0.262 e. The van der Waals surface area contributed by atoms with Crippen molar-refractivity contribution in [2.45, 2.75) is 6.54 Å². The SMILES string of the molecule is O=C1COc2c(NCc3cnc4cnccn34)cccc2N1. The summed E-state index contributed by atoms with van der Waals surface area (Å²) in [6.07, 6.45) is 7.12. The number of benzene rings is 1. The number of imidazole rings is 1. The van der Waals surface area contributed by atoms with Crippen LogP contribution < -0.4 is 15.4 Å². The summed E-state index contributed by atoms with van der Waals surface area (Å²) in [5.41, 5.74) is 3.33. The first kappa shape index (κ1) is 12.6. The van der Waals surface area contributed by atoms with E-state index in [2.05, 4.69) is 20.6 Å². The van der Waals surface area contributed by atoms with Gasteiger partial charge in [0.2, 0.25) is 0 Å². The van der Waals surface area contributed by atoms with Crippen LogP contribution in [0.15, 0.2) is 43.0 Å². The van der Waals surface area contributed by atoms with Gasteiger partial charge in [0.25, 0.3) is 5.91 Å². The van der Waals surface area contributed by atoms with Gasteiger partial charge in [0.1, 0.15) is 0 Å². The monoisotopic (exact) mass is 295 g/mol. The standard InChI is InChI=1S/C15H13N5O2/c21-14-9-22-15-11(2-1-3-12(15)19-14)17-6-10-7-18-13-8-16-4-5-20(10)13/h1-5,7-8,17H,6,9H2,(H,19,21). The molecular formula is C15H13N5O2. The minimum atomic E-state index is -0.140. The van der Waals surface area contributed by atoms with Crippen molar-refractivity contribution < 1.29 is 9.53 Å². The second kappa shape index (κ2) is 5.03. The molecule has 0 aliphatic carbocycles. The Kier molecular flexibility index (Phi) is 2.89. The van der Waals surface area contributed by atoms with Crippen LogP contribution in [0.5, 0.6) is 5.75 Å². The Labute approximate surface area is 126 Å². The van der Waals surface area contributed by atoms with Gasteiger partial charge in [0.05, 0.1) is 36.0 Å². The smallest absolute Gasteiger partial charge is 0.262 e. The summed E-state index contributed by atoms with van der Waals surface area (Å²) in [7, 11) is 0. The molecule has 3 heterocycles. The molecule has 22 heavy (non-hydrogen) atoms. The molecule has 0 unspecified atom stereocenters. The molecule has 0 spiro atoms. The summed E-state index contributed by atoms with van der Waals surface area (Å²) in [4.78, 5) is 19.7. The lowest BCUT2D eigenvalue weighted by Gasteiger charge is -2.21. The molecule has 3 aromatic rings. The number of rotatable bonds is 3. The Morgan fingerprint density at radius 3 is 3.27 bits per heavy atom. The second-order valence-corrected chi connectivity index (χ2v) is 4.93. The minimum Gasteiger partial charge on any atom is -0.479 e. The second-order valence-electron chi connectivity index (χ2n) is 4.93. The highest BCUT2D eigenvalue weighted by atomic mass is 16.5. The molecule has 0 radical (unpaired) electrons. The van der Waals surface area contributed by atoms with Gasteiger partial charge in [-0.05, 0) is 12.1 Å². The van der Waals surface area contributed by atoms with Gasteiger partial charge in [0.15, 0.2) is 18.0 Å². The fraction of sp³-hybridized carbons (Fsp3) is 0.133. The third-order valence-corrected chi connectivity index (χ3v) is 3.49. The highest BCUT2D eigenvalue weighted by Crippen LogP contribution is 2.35. The maximum absolute atomic E-state index is 11.4. The summed E-state index contributed by atoms with van der Waals surface area (Å²) in [6, 6.07) is 5.60. The fourth-order valence-corrected chi connectivity index (χ4v) is 2.47. The summed E-state index contributed by atoms with van der Waals surface area (Å²) >= 11 is 0. The van der Waals surface area contributed by atoms with Crippen LogP contribution in [-0.2, 0) is 11.3 Å². The number of ether oxygens (including phenoxy) is 1. The molecule has 0 saturated heterocycles. The largest absolute Gasteiger partial charge is 0.479 e. The maximum atomic E-state index is 11.4. The Balaban J connectivity index is 1.60. The number of aromatic nitrogens is 3. The molecule has 2 aromatic heterocycles. The van der Waals surface area contributed by atoms with Gasteiger partial charge in [0, 0.05) is 12.4 Å². The highest BCUT2D eigenvalue weighted by molar-refractivity contribution is 5.97. The summed E-state index contributed by atoms with van der Waals surface area (Å²) < 4.78 is 7.49. The van der Waals surface area contributed by atoms with Gasteiger partial charge >= 0.3 is 0 Å². The van der Waals surface area contributed by atoms with E-state index in [0.717, 1.165) is 17.0 Å². The van der Waals surface area contributed by atoms with E-state index in [0.29, 0.717) is 18.0 Å². The first-order valence-corrected chi connectivity index (χ1v) is 6.87. The number of anilines is 2. The number of carbonyl (C=O) groups excluding carboxylic acids is 1. The van der Waals surface area contributed by atoms with Gasteiger partial charge < -0.3 is 15.4 Å². The number of fused-ring (bicyclic) bond motifs is 2. The van der Waals surface area contributed by atoms with E-state index in [-0.39, 0.29) is 12.5 Å². The predicted octanol–water partition coefficient (Wildman–Crippen LogP) is 1.67. The normalized spacial score (nSPS) is 13.4. The van der Waals surface area contributed by atoms with Gasteiger partial charge in [-0.3, -0.25) is 14.2 Å². The van der Waals surface area contributed by atoms with Crippen molar-refractivity contribution in [3.63, 3.8) is 0 Å². The van der Waals surface area contributed by atoms with Crippen molar-refractivity contribution in [2.75, 3.05) is 17.2 Å². The van der Waals surface area contributed by atoms with Gasteiger partial charge in [-0.15, -0.1) is 0 Å². The van der Waals surface area contributed by atoms with Crippen LogP contribution >= 0.6 is 0 Å². The number of carbonyl (C=O) groups is 1. The van der Waals surface area contributed by atoms with Crippen LogP contribution in [0.3, 0.4) is 0 Å². The predicted molar refractivity (Wildman–Crippen MR) is 80.9 cm³/mol. The van der Waals surface area contributed by atoms with Crippen LogP contribution in [0.4, 0.5) is 11.4 Å². The molecule has 4 rings (SSSR count). The molecule has 7 nitrogen and oxygen atoms in total. The minimum absolute atomic E-state index is 0.0347. The first-order valence-electron chi connectivity index (χ1n) is 6.87.